The molecule has 0 spiro atoms. The van der Waals surface area contributed by atoms with Crippen molar-refractivity contribution in [2.24, 2.45) is 0 Å². The summed E-state index contributed by atoms with van der Waals surface area (Å²) in [5, 5.41) is 7.15. The second-order valence-electron chi connectivity index (χ2n) is 3.83. The Hall–Kier alpha value is -0.580. The molecular weight excluding hydrogens is 244 g/mol. The molecule has 1 saturated heterocycles. The number of carbonyl (C=O) groups is 1. The van der Waals surface area contributed by atoms with Crippen LogP contribution in [0.5, 0.6) is 0 Å². The highest BCUT2D eigenvalue weighted by Gasteiger charge is 2.29. The topological polar surface area (TPSA) is 32.3 Å². The van der Waals surface area contributed by atoms with Crippen LogP contribution < -0.4 is 5.32 Å². The van der Waals surface area contributed by atoms with Crippen molar-refractivity contribution in [3.63, 3.8) is 0 Å². The fraction of sp³-hybridized carbons (Fsp3) is 0.545. The molecule has 1 aromatic heterocycles. The Morgan fingerprint density at radius 1 is 1.69 bits per heavy atom. The molecule has 1 aliphatic rings. The van der Waals surface area contributed by atoms with Gasteiger partial charge in [-0.25, -0.2) is 0 Å². The van der Waals surface area contributed by atoms with E-state index in [1.807, 2.05) is 11.9 Å². The molecule has 0 aliphatic carbocycles. The zero-order valence-corrected chi connectivity index (χ0v) is 10.9. The highest BCUT2D eigenvalue weighted by Crippen LogP contribution is 2.32. The summed E-state index contributed by atoms with van der Waals surface area (Å²) in [7, 11) is 1.81. The molecular formula is C11H17ClN2OS. The standard InChI is InChI=1S/C11H16N2OS.ClH/c1-12-7-11(14)13-5-2-3-10(13)9-4-6-15-8-9;/h4,6,8,10,12H,2-3,5,7H2,1H3;1H. The van der Waals surface area contributed by atoms with Gasteiger partial charge in [-0.3, -0.25) is 4.79 Å². The highest BCUT2D eigenvalue weighted by molar-refractivity contribution is 7.07. The SMILES string of the molecule is CNCC(=O)N1CCCC1c1ccsc1.Cl. The van der Waals surface area contributed by atoms with E-state index in [-0.39, 0.29) is 18.3 Å². The van der Waals surface area contributed by atoms with Crippen LogP contribution >= 0.6 is 23.7 Å². The number of rotatable bonds is 3. The number of likely N-dealkylation sites (N-methyl/N-ethyl adjacent to an activating group) is 1. The molecule has 0 aromatic carbocycles. The highest BCUT2D eigenvalue weighted by atomic mass is 35.5. The van der Waals surface area contributed by atoms with Gasteiger partial charge >= 0.3 is 0 Å². The van der Waals surface area contributed by atoms with Gasteiger partial charge in [0.15, 0.2) is 0 Å². The molecule has 90 valence electrons. The summed E-state index contributed by atoms with van der Waals surface area (Å²) < 4.78 is 0. The molecule has 1 amide bonds. The molecule has 3 nitrogen and oxygen atoms in total. The molecule has 2 rings (SSSR count). The van der Waals surface area contributed by atoms with Crippen LogP contribution in [0.1, 0.15) is 24.4 Å². The number of halogens is 1. The quantitative estimate of drug-likeness (QED) is 0.902. The molecule has 1 atom stereocenters. The average molecular weight is 261 g/mol. The fourth-order valence-electron chi connectivity index (χ4n) is 2.13. The van der Waals surface area contributed by atoms with Gasteiger partial charge in [0.2, 0.25) is 5.91 Å². The second-order valence-corrected chi connectivity index (χ2v) is 4.61. The van der Waals surface area contributed by atoms with Gasteiger partial charge in [-0.15, -0.1) is 12.4 Å². The monoisotopic (exact) mass is 260 g/mol. The van der Waals surface area contributed by atoms with Crippen molar-refractivity contribution in [1.29, 1.82) is 0 Å². The zero-order valence-electron chi connectivity index (χ0n) is 9.31. The molecule has 0 saturated carbocycles. The third-order valence-corrected chi connectivity index (χ3v) is 3.53. The van der Waals surface area contributed by atoms with Gasteiger partial charge in [0.1, 0.15) is 0 Å². The van der Waals surface area contributed by atoms with Crippen molar-refractivity contribution in [3.8, 4) is 0 Å². The molecule has 2 heterocycles. The molecule has 1 aliphatic heterocycles. The summed E-state index contributed by atoms with van der Waals surface area (Å²) in [5.74, 6) is 0.214. The van der Waals surface area contributed by atoms with Crippen molar-refractivity contribution >= 4 is 29.7 Å². The number of carbonyl (C=O) groups excluding carboxylic acids is 1. The molecule has 5 heteroatoms. The maximum Gasteiger partial charge on any atom is 0.237 e. The van der Waals surface area contributed by atoms with E-state index in [2.05, 4.69) is 22.1 Å². The summed E-state index contributed by atoms with van der Waals surface area (Å²) in [6.45, 7) is 1.35. The summed E-state index contributed by atoms with van der Waals surface area (Å²) in [6, 6.07) is 2.44. The van der Waals surface area contributed by atoms with Gasteiger partial charge in [-0.2, -0.15) is 11.3 Å². The molecule has 0 radical (unpaired) electrons. The average Bonchev–Trinajstić information content (AvgIpc) is 2.88. The van der Waals surface area contributed by atoms with E-state index >= 15 is 0 Å². The summed E-state index contributed by atoms with van der Waals surface area (Å²) in [4.78, 5) is 13.8. The zero-order chi connectivity index (χ0) is 10.7. The molecule has 1 N–H and O–H groups in total. The second kappa shape index (κ2) is 6.23. The number of hydrogen-bond acceptors (Lipinski definition) is 3. The molecule has 16 heavy (non-hydrogen) atoms. The summed E-state index contributed by atoms with van der Waals surface area (Å²) in [6.07, 6.45) is 2.22. The number of amides is 1. The Morgan fingerprint density at radius 3 is 3.12 bits per heavy atom. The minimum atomic E-state index is 0. The van der Waals surface area contributed by atoms with Gasteiger partial charge in [-0.05, 0) is 42.3 Å². The van der Waals surface area contributed by atoms with Crippen LogP contribution in [0.3, 0.4) is 0 Å². The smallest absolute Gasteiger partial charge is 0.237 e. The normalized spacial score (nSPS) is 19.6. The van der Waals surface area contributed by atoms with Crippen molar-refractivity contribution in [2.45, 2.75) is 18.9 Å². The van der Waals surface area contributed by atoms with E-state index in [1.165, 1.54) is 5.56 Å². The fourth-order valence-corrected chi connectivity index (χ4v) is 2.84. The first-order valence-corrected chi connectivity index (χ1v) is 6.23. The van der Waals surface area contributed by atoms with Crippen molar-refractivity contribution in [1.82, 2.24) is 10.2 Å². The van der Waals surface area contributed by atoms with Crippen LogP contribution in [-0.2, 0) is 4.79 Å². The Kier molecular flexibility index (Phi) is 5.25. The number of nitrogens with zero attached hydrogens (tertiary/aromatic N) is 1. The van der Waals surface area contributed by atoms with Gasteiger partial charge in [0, 0.05) is 6.54 Å². The Labute approximate surface area is 106 Å². The number of nitrogens with one attached hydrogen (secondary N) is 1. The first-order valence-electron chi connectivity index (χ1n) is 5.29. The maximum atomic E-state index is 11.8. The lowest BCUT2D eigenvalue weighted by Crippen LogP contribution is -2.36. The maximum absolute atomic E-state index is 11.8. The van der Waals surface area contributed by atoms with Crippen molar-refractivity contribution in [3.05, 3.63) is 22.4 Å². The van der Waals surface area contributed by atoms with Gasteiger partial charge in [-0.1, -0.05) is 0 Å². The minimum absolute atomic E-state index is 0. The first kappa shape index (κ1) is 13.5. The summed E-state index contributed by atoms with van der Waals surface area (Å²) >= 11 is 1.70. The number of hydrogen-bond donors (Lipinski definition) is 1. The van der Waals surface area contributed by atoms with E-state index in [1.54, 1.807) is 11.3 Å². The van der Waals surface area contributed by atoms with Crippen LogP contribution in [-0.4, -0.2) is 30.9 Å². The lowest BCUT2D eigenvalue weighted by Gasteiger charge is -2.24. The molecule has 1 unspecified atom stereocenters. The largest absolute Gasteiger partial charge is 0.335 e. The van der Waals surface area contributed by atoms with Crippen molar-refractivity contribution < 1.29 is 4.79 Å². The Balaban J connectivity index is 0.00000128. The van der Waals surface area contributed by atoms with E-state index in [0.29, 0.717) is 12.6 Å². The first-order chi connectivity index (χ1) is 7.33. The van der Waals surface area contributed by atoms with E-state index in [9.17, 15) is 4.79 Å². The van der Waals surface area contributed by atoms with Crippen LogP contribution in [0.4, 0.5) is 0 Å². The molecule has 1 aromatic rings. The van der Waals surface area contributed by atoms with Gasteiger partial charge in [0.25, 0.3) is 0 Å². The Morgan fingerprint density at radius 2 is 2.50 bits per heavy atom. The number of thiophene rings is 1. The lowest BCUT2D eigenvalue weighted by atomic mass is 10.1. The van der Waals surface area contributed by atoms with Gasteiger partial charge in [0.05, 0.1) is 12.6 Å². The van der Waals surface area contributed by atoms with Crippen LogP contribution in [0.15, 0.2) is 16.8 Å². The van der Waals surface area contributed by atoms with E-state index in [0.717, 1.165) is 19.4 Å². The Bertz CT molecular complexity index is 329. The van der Waals surface area contributed by atoms with E-state index < -0.39 is 0 Å². The minimum Gasteiger partial charge on any atom is -0.335 e. The van der Waals surface area contributed by atoms with Crippen LogP contribution in [0.25, 0.3) is 0 Å². The molecule has 0 bridgehead atoms. The van der Waals surface area contributed by atoms with Gasteiger partial charge < -0.3 is 10.2 Å². The lowest BCUT2D eigenvalue weighted by molar-refractivity contribution is -0.131. The molecule has 1 fully saturated rings. The third kappa shape index (κ3) is 2.75. The number of likely N-dealkylation sites (tertiary alicyclic amines) is 1. The predicted octanol–water partition coefficient (Wildman–Crippen LogP) is 2.05. The summed E-state index contributed by atoms with van der Waals surface area (Å²) in [5.41, 5.74) is 1.29. The van der Waals surface area contributed by atoms with Crippen LogP contribution in [0.2, 0.25) is 0 Å². The van der Waals surface area contributed by atoms with E-state index in [4.69, 9.17) is 0 Å². The van der Waals surface area contributed by atoms with Crippen LogP contribution in [0, 0.1) is 0 Å². The van der Waals surface area contributed by atoms with Crippen molar-refractivity contribution in [2.75, 3.05) is 20.1 Å². The third-order valence-electron chi connectivity index (χ3n) is 2.83. The predicted molar refractivity (Wildman–Crippen MR) is 69.2 cm³/mol.